The minimum absolute atomic E-state index is 0.200. The molecule has 2 aromatic rings. The summed E-state index contributed by atoms with van der Waals surface area (Å²) in [5.41, 5.74) is 0.700. The number of nitrogens with zero attached hydrogens (tertiary/aromatic N) is 3. The molecule has 0 N–H and O–H groups in total. The molecule has 29 heavy (non-hydrogen) atoms. The van der Waals surface area contributed by atoms with Crippen molar-refractivity contribution in [3.05, 3.63) is 52.2 Å². The highest BCUT2D eigenvalue weighted by Crippen LogP contribution is 2.20. The maximum absolute atomic E-state index is 13.3. The van der Waals surface area contributed by atoms with E-state index in [4.69, 9.17) is 4.74 Å². The number of halogens is 1. The van der Waals surface area contributed by atoms with Gasteiger partial charge in [0, 0.05) is 30.4 Å². The normalized spacial score (nSPS) is 16.5. The van der Waals surface area contributed by atoms with E-state index >= 15 is 0 Å². The van der Waals surface area contributed by atoms with Crippen molar-refractivity contribution in [1.82, 2.24) is 14.5 Å². The molecule has 1 saturated heterocycles. The summed E-state index contributed by atoms with van der Waals surface area (Å²) in [6, 6.07) is 6.97. The molecule has 0 radical (unpaired) electrons. The first kappa shape index (κ1) is 20.7. The summed E-state index contributed by atoms with van der Waals surface area (Å²) in [7, 11) is 0. The Morgan fingerprint density at radius 1 is 1.28 bits per heavy atom. The van der Waals surface area contributed by atoms with Gasteiger partial charge >= 0.3 is 5.97 Å². The Morgan fingerprint density at radius 2 is 2.00 bits per heavy atom. The zero-order valence-electron chi connectivity index (χ0n) is 16.6. The van der Waals surface area contributed by atoms with E-state index in [1.807, 2.05) is 0 Å². The van der Waals surface area contributed by atoms with Crippen molar-refractivity contribution in [3.8, 4) is 11.4 Å². The molecule has 1 aromatic heterocycles. The Balaban J connectivity index is 1.84. The second kappa shape index (κ2) is 8.98. The molecule has 1 amide bonds. The lowest BCUT2D eigenvalue weighted by Crippen LogP contribution is -2.45. The maximum Gasteiger partial charge on any atom is 0.310 e. The van der Waals surface area contributed by atoms with Crippen molar-refractivity contribution in [2.24, 2.45) is 5.92 Å². The van der Waals surface area contributed by atoms with Crippen molar-refractivity contribution in [2.75, 3.05) is 19.7 Å². The number of amides is 1. The molecular formula is C21H24FN3O4. The van der Waals surface area contributed by atoms with Crippen LogP contribution in [0.2, 0.25) is 0 Å². The molecule has 1 aliphatic rings. The third kappa shape index (κ3) is 4.88. The molecular weight excluding hydrogens is 377 g/mol. The van der Waals surface area contributed by atoms with Gasteiger partial charge in [-0.2, -0.15) is 0 Å². The number of aromatic nitrogens is 2. The smallest absolute Gasteiger partial charge is 0.310 e. The number of ether oxygens (including phenoxy) is 1. The van der Waals surface area contributed by atoms with Crippen molar-refractivity contribution < 1.29 is 18.7 Å². The van der Waals surface area contributed by atoms with Gasteiger partial charge in [-0.15, -0.1) is 0 Å². The van der Waals surface area contributed by atoms with Crippen LogP contribution < -0.4 is 5.56 Å². The highest BCUT2D eigenvalue weighted by Gasteiger charge is 2.29. The van der Waals surface area contributed by atoms with Crippen LogP contribution in [0.25, 0.3) is 11.4 Å². The van der Waals surface area contributed by atoms with Crippen molar-refractivity contribution in [1.29, 1.82) is 0 Å². The number of carbonyl (C=O) groups excluding carboxylic acids is 2. The van der Waals surface area contributed by atoms with Crippen LogP contribution in [0.1, 0.15) is 25.5 Å². The van der Waals surface area contributed by atoms with Crippen LogP contribution in [0.4, 0.5) is 4.39 Å². The van der Waals surface area contributed by atoms with Crippen LogP contribution in [-0.4, -0.2) is 46.0 Å². The van der Waals surface area contributed by atoms with Gasteiger partial charge in [0.2, 0.25) is 5.91 Å². The van der Waals surface area contributed by atoms with E-state index in [0.717, 1.165) is 0 Å². The van der Waals surface area contributed by atoms with Crippen LogP contribution in [0.5, 0.6) is 0 Å². The molecule has 8 heteroatoms. The van der Waals surface area contributed by atoms with Crippen LogP contribution in [0.15, 0.2) is 35.1 Å². The zero-order chi connectivity index (χ0) is 21.0. The summed E-state index contributed by atoms with van der Waals surface area (Å²) in [6.45, 7) is 4.34. The molecule has 1 atom stereocenters. The van der Waals surface area contributed by atoms with Gasteiger partial charge in [0.05, 0.1) is 12.5 Å². The van der Waals surface area contributed by atoms with Gasteiger partial charge in [0.25, 0.3) is 5.56 Å². The van der Waals surface area contributed by atoms with Gasteiger partial charge < -0.3 is 9.64 Å². The monoisotopic (exact) mass is 401 g/mol. The van der Waals surface area contributed by atoms with Gasteiger partial charge in [-0.1, -0.05) is 0 Å². The quantitative estimate of drug-likeness (QED) is 0.717. The van der Waals surface area contributed by atoms with Crippen LogP contribution >= 0.6 is 0 Å². The predicted molar refractivity (Wildman–Crippen MR) is 105 cm³/mol. The molecule has 7 nitrogen and oxygen atoms in total. The molecule has 3 rings (SSSR count). The first-order valence-corrected chi connectivity index (χ1v) is 9.68. The summed E-state index contributed by atoms with van der Waals surface area (Å²) in [5, 5.41) is 0. The summed E-state index contributed by atoms with van der Waals surface area (Å²) >= 11 is 0. The Morgan fingerprint density at radius 3 is 2.69 bits per heavy atom. The van der Waals surface area contributed by atoms with Gasteiger partial charge in [-0.25, -0.2) is 9.37 Å². The molecule has 0 saturated carbocycles. The lowest BCUT2D eigenvalue weighted by Gasteiger charge is -2.31. The number of rotatable bonds is 5. The first-order chi connectivity index (χ1) is 13.9. The minimum Gasteiger partial charge on any atom is -0.466 e. The molecule has 154 valence electrons. The number of carbonyl (C=O) groups is 2. The topological polar surface area (TPSA) is 81.5 Å². The number of hydrogen-bond acceptors (Lipinski definition) is 5. The number of benzene rings is 1. The lowest BCUT2D eigenvalue weighted by atomic mass is 9.98. The van der Waals surface area contributed by atoms with E-state index in [1.165, 1.54) is 34.9 Å². The second-order valence-electron chi connectivity index (χ2n) is 7.08. The third-order valence-corrected chi connectivity index (χ3v) is 4.93. The van der Waals surface area contributed by atoms with Gasteiger partial charge in [-0.3, -0.25) is 19.0 Å². The minimum atomic E-state index is -0.398. The Bertz CT molecular complexity index is 955. The summed E-state index contributed by atoms with van der Waals surface area (Å²) in [5.74, 6) is -1.01. The predicted octanol–water partition coefficient (Wildman–Crippen LogP) is 2.16. The van der Waals surface area contributed by atoms with Crippen molar-refractivity contribution >= 4 is 11.9 Å². The number of aryl methyl sites for hydroxylation is 1. The lowest BCUT2D eigenvalue weighted by molar-refractivity contribution is -0.151. The van der Waals surface area contributed by atoms with E-state index < -0.39 is 5.82 Å². The molecule has 2 heterocycles. The zero-order valence-corrected chi connectivity index (χ0v) is 16.6. The molecule has 1 unspecified atom stereocenters. The highest BCUT2D eigenvalue weighted by molar-refractivity contribution is 5.79. The Hall–Kier alpha value is -3.03. The molecule has 1 fully saturated rings. The van der Waals surface area contributed by atoms with Crippen LogP contribution in [0, 0.1) is 18.7 Å². The number of piperidine rings is 1. The summed E-state index contributed by atoms with van der Waals surface area (Å²) in [6.07, 6.45) is 1.37. The van der Waals surface area contributed by atoms with Crippen LogP contribution in [0.3, 0.4) is 0 Å². The van der Waals surface area contributed by atoms with E-state index in [-0.39, 0.29) is 36.4 Å². The fourth-order valence-electron chi connectivity index (χ4n) is 3.48. The summed E-state index contributed by atoms with van der Waals surface area (Å²) in [4.78, 5) is 43.5. The molecule has 1 aliphatic heterocycles. The van der Waals surface area contributed by atoms with Gasteiger partial charge in [0.15, 0.2) is 0 Å². The van der Waals surface area contributed by atoms with E-state index in [9.17, 15) is 18.8 Å². The Labute approximate surface area is 168 Å². The van der Waals surface area contributed by atoms with Gasteiger partial charge in [0.1, 0.15) is 18.2 Å². The largest absolute Gasteiger partial charge is 0.466 e. The van der Waals surface area contributed by atoms with Gasteiger partial charge in [-0.05, 0) is 51.0 Å². The molecule has 0 aliphatic carbocycles. The highest BCUT2D eigenvalue weighted by atomic mass is 19.1. The third-order valence-electron chi connectivity index (χ3n) is 4.93. The number of likely N-dealkylation sites (tertiary alicyclic amines) is 1. The Kier molecular flexibility index (Phi) is 6.41. The van der Waals surface area contributed by atoms with E-state index in [2.05, 4.69) is 4.98 Å². The molecule has 1 aromatic carbocycles. The SMILES string of the molecule is CCOC(=O)C1CCCN(C(=O)Cn2c(-c3ccc(F)cc3)nc(C)cc2=O)C1. The molecule has 0 bridgehead atoms. The van der Waals surface area contributed by atoms with Crippen molar-refractivity contribution in [3.63, 3.8) is 0 Å². The molecule has 0 spiro atoms. The van der Waals surface area contributed by atoms with E-state index in [1.54, 1.807) is 18.7 Å². The average Bonchev–Trinajstić information content (AvgIpc) is 2.70. The standard InChI is InChI=1S/C21H24FN3O4/c1-3-29-21(28)16-5-4-10-24(12-16)19(27)13-25-18(26)11-14(2)23-20(25)15-6-8-17(22)9-7-15/h6-9,11,16H,3-5,10,12-13H2,1-2H3. The number of hydrogen-bond donors (Lipinski definition) is 0. The maximum atomic E-state index is 13.3. The summed E-state index contributed by atoms with van der Waals surface area (Å²) < 4.78 is 19.6. The fourth-order valence-corrected chi connectivity index (χ4v) is 3.48. The first-order valence-electron chi connectivity index (χ1n) is 9.68. The van der Waals surface area contributed by atoms with Crippen LogP contribution in [-0.2, 0) is 20.9 Å². The second-order valence-corrected chi connectivity index (χ2v) is 7.08. The van der Waals surface area contributed by atoms with E-state index in [0.29, 0.717) is 43.1 Å². The van der Waals surface area contributed by atoms with Crippen molar-refractivity contribution in [2.45, 2.75) is 33.2 Å². The average molecular weight is 401 g/mol. The fraction of sp³-hybridized carbons (Fsp3) is 0.429. The number of esters is 1.